The molecule has 0 aliphatic carbocycles. The summed E-state index contributed by atoms with van der Waals surface area (Å²) in [7, 11) is 0. The van der Waals surface area contributed by atoms with E-state index in [9.17, 15) is 4.79 Å². The molecule has 1 rings (SSSR count). The Morgan fingerprint density at radius 1 is 1.73 bits per heavy atom. The molecular weight excluding hydrogens is 210 g/mol. The van der Waals surface area contributed by atoms with Crippen LogP contribution in [0.5, 0.6) is 0 Å². The Bertz CT molecular complexity index is 324. The monoisotopic (exact) mass is 227 g/mol. The lowest BCUT2D eigenvalue weighted by atomic mass is 10.2. The molecule has 0 radical (unpaired) electrons. The standard InChI is InChI=1S/C10H17N3OS/c1-3-7(2)12-10(14)8-6-15-9(13-8)4-5-11/h6-7H,3-5,11H2,1-2H3,(H,12,14). The van der Waals surface area contributed by atoms with Gasteiger partial charge in [-0.15, -0.1) is 11.3 Å². The fourth-order valence-electron chi connectivity index (χ4n) is 1.05. The van der Waals surface area contributed by atoms with Gasteiger partial charge in [0.2, 0.25) is 0 Å². The lowest BCUT2D eigenvalue weighted by Crippen LogP contribution is -2.32. The lowest BCUT2D eigenvalue weighted by Gasteiger charge is -2.09. The number of carbonyl (C=O) groups excluding carboxylic acids is 1. The molecule has 1 aromatic rings. The molecule has 0 aromatic carbocycles. The van der Waals surface area contributed by atoms with E-state index in [0.717, 1.165) is 17.8 Å². The van der Waals surface area contributed by atoms with Crippen LogP contribution in [0.2, 0.25) is 0 Å². The van der Waals surface area contributed by atoms with Crippen molar-refractivity contribution in [3.63, 3.8) is 0 Å². The number of hydrogen-bond donors (Lipinski definition) is 2. The van der Waals surface area contributed by atoms with E-state index in [1.54, 1.807) is 5.38 Å². The number of nitrogens with two attached hydrogens (primary N) is 1. The minimum absolute atomic E-state index is 0.0936. The molecule has 0 saturated heterocycles. The van der Waals surface area contributed by atoms with Crippen molar-refractivity contribution < 1.29 is 4.79 Å². The van der Waals surface area contributed by atoms with Gasteiger partial charge in [-0.3, -0.25) is 4.79 Å². The first-order valence-electron chi connectivity index (χ1n) is 5.12. The van der Waals surface area contributed by atoms with Crippen LogP contribution in [-0.4, -0.2) is 23.5 Å². The summed E-state index contributed by atoms with van der Waals surface area (Å²) in [6, 6.07) is 0.192. The first-order chi connectivity index (χ1) is 7.17. The van der Waals surface area contributed by atoms with E-state index in [0.29, 0.717) is 12.2 Å². The van der Waals surface area contributed by atoms with Crippen LogP contribution in [0.1, 0.15) is 35.8 Å². The molecule has 4 nitrogen and oxygen atoms in total. The SMILES string of the molecule is CCC(C)NC(=O)c1csc(CCN)n1. The van der Waals surface area contributed by atoms with E-state index in [4.69, 9.17) is 5.73 Å². The number of nitrogens with zero attached hydrogens (tertiary/aromatic N) is 1. The van der Waals surface area contributed by atoms with Crippen molar-refractivity contribution >= 4 is 17.2 Å². The smallest absolute Gasteiger partial charge is 0.270 e. The summed E-state index contributed by atoms with van der Waals surface area (Å²) in [5.41, 5.74) is 5.92. The van der Waals surface area contributed by atoms with Crippen LogP contribution in [0, 0.1) is 0 Å². The summed E-state index contributed by atoms with van der Waals surface area (Å²) in [6.07, 6.45) is 1.66. The summed E-state index contributed by atoms with van der Waals surface area (Å²) in [6.45, 7) is 4.58. The summed E-state index contributed by atoms with van der Waals surface area (Å²) in [4.78, 5) is 15.8. The maximum Gasteiger partial charge on any atom is 0.270 e. The minimum atomic E-state index is -0.0936. The van der Waals surface area contributed by atoms with Gasteiger partial charge < -0.3 is 11.1 Å². The Labute approximate surface area is 93.9 Å². The highest BCUT2D eigenvalue weighted by atomic mass is 32.1. The number of carbonyl (C=O) groups is 1. The van der Waals surface area contributed by atoms with E-state index < -0.39 is 0 Å². The first-order valence-corrected chi connectivity index (χ1v) is 6.00. The van der Waals surface area contributed by atoms with Gasteiger partial charge in [0, 0.05) is 17.8 Å². The molecular formula is C10H17N3OS. The topological polar surface area (TPSA) is 68.0 Å². The van der Waals surface area contributed by atoms with Crippen molar-refractivity contribution in [2.24, 2.45) is 5.73 Å². The Balaban J connectivity index is 2.58. The minimum Gasteiger partial charge on any atom is -0.348 e. The fourth-order valence-corrected chi connectivity index (χ4v) is 1.85. The molecule has 0 bridgehead atoms. The molecule has 0 aliphatic heterocycles. The highest BCUT2D eigenvalue weighted by Crippen LogP contribution is 2.10. The van der Waals surface area contributed by atoms with E-state index in [-0.39, 0.29) is 11.9 Å². The van der Waals surface area contributed by atoms with Crippen LogP contribution in [0.3, 0.4) is 0 Å². The molecule has 15 heavy (non-hydrogen) atoms. The van der Waals surface area contributed by atoms with Crippen molar-refractivity contribution in [2.45, 2.75) is 32.7 Å². The zero-order valence-electron chi connectivity index (χ0n) is 9.12. The second-order valence-corrected chi connectivity index (χ2v) is 4.39. The predicted octanol–water partition coefficient (Wildman–Crippen LogP) is 1.17. The van der Waals surface area contributed by atoms with Gasteiger partial charge >= 0.3 is 0 Å². The normalized spacial score (nSPS) is 12.5. The van der Waals surface area contributed by atoms with Crippen molar-refractivity contribution in [3.05, 3.63) is 16.1 Å². The first kappa shape index (κ1) is 12.1. The molecule has 0 fully saturated rings. The molecule has 1 aromatic heterocycles. The highest BCUT2D eigenvalue weighted by molar-refractivity contribution is 7.09. The second-order valence-electron chi connectivity index (χ2n) is 3.45. The molecule has 1 amide bonds. The average molecular weight is 227 g/mol. The predicted molar refractivity (Wildman–Crippen MR) is 62.1 cm³/mol. The molecule has 0 saturated carbocycles. The number of rotatable bonds is 5. The Kier molecular flexibility index (Phi) is 4.71. The second kappa shape index (κ2) is 5.82. The molecule has 1 heterocycles. The van der Waals surface area contributed by atoms with E-state index in [1.165, 1.54) is 11.3 Å². The van der Waals surface area contributed by atoms with Gasteiger partial charge in [-0.1, -0.05) is 6.92 Å². The van der Waals surface area contributed by atoms with E-state index in [2.05, 4.69) is 10.3 Å². The van der Waals surface area contributed by atoms with Gasteiger partial charge in [0.05, 0.1) is 5.01 Å². The van der Waals surface area contributed by atoms with Gasteiger partial charge in [-0.25, -0.2) is 4.98 Å². The molecule has 0 spiro atoms. The van der Waals surface area contributed by atoms with Crippen LogP contribution >= 0.6 is 11.3 Å². The third kappa shape index (κ3) is 3.60. The maximum atomic E-state index is 11.6. The fraction of sp³-hybridized carbons (Fsp3) is 0.600. The van der Waals surface area contributed by atoms with E-state index in [1.807, 2.05) is 13.8 Å². The largest absolute Gasteiger partial charge is 0.348 e. The van der Waals surface area contributed by atoms with Gasteiger partial charge in [0.25, 0.3) is 5.91 Å². The van der Waals surface area contributed by atoms with Gasteiger partial charge in [0.1, 0.15) is 5.69 Å². The Morgan fingerprint density at radius 3 is 3.07 bits per heavy atom. The lowest BCUT2D eigenvalue weighted by molar-refractivity contribution is 0.0935. The summed E-state index contributed by atoms with van der Waals surface area (Å²) in [5, 5.41) is 5.58. The zero-order valence-corrected chi connectivity index (χ0v) is 9.93. The third-order valence-corrected chi connectivity index (χ3v) is 3.04. The van der Waals surface area contributed by atoms with Gasteiger partial charge in [-0.2, -0.15) is 0 Å². The molecule has 3 N–H and O–H groups in total. The summed E-state index contributed by atoms with van der Waals surface area (Å²) >= 11 is 1.49. The molecule has 1 unspecified atom stereocenters. The quantitative estimate of drug-likeness (QED) is 0.793. The maximum absolute atomic E-state index is 11.6. The van der Waals surface area contributed by atoms with Crippen molar-refractivity contribution in [3.8, 4) is 0 Å². The molecule has 5 heteroatoms. The summed E-state index contributed by atoms with van der Waals surface area (Å²) in [5.74, 6) is -0.0936. The van der Waals surface area contributed by atoms with Crippen LogP contribution in [0.25, 0.3) is 0 Å². The number of amides is 1. The average Bonchev–Trinajstić information content (AvgIpc) is 2.67. The van der Waals surface area contributed by atoms with Gasteiger partial charge in [0.15, 0.2) is 0 Å². The molecule has 84 valence electrons. The van der Waals surface area contributed by atoms with E-state index >= 15 is 0 Å². The number of hydrogen-bond acceptors (Lipinski definition) is 4. The molecule has 1 atom stereocenters. The number of nitrogens with one attached hydrogen (secondary N) is 1. The molecule has 0 aliphatic rings. The zero-order chi connectivity index (χ0) is 11.3. The number of thiazole rings is 1. The third-order valence-electron chi connectivity index (χ3n) is 2.13. The van der Waals surface area contributed by atoms with Crippen LogP contribution < -0.4 is 11.1 Å². The Morgan fingerprint density at radius 2 is 2.47 bits per heavy atom. The van der Waals surface area contributed by atoms with Gasteiger partial charge in [-0.05, 0) is 19.9 Å². The number of aromatic nitrogens is 1. The van der Waals surface area contributed by atoms with Crippen LogP contribution in [0.4, 0.5) is 0 Å². The highest BCUT2D eigenvalue weighted by Gasteiger charge is 2.11. The Hall–Kier alpha value is -0.940. The van der Waals surface area contributed by atoms with Crippen LogP contribution in [-0.2, 0) is 6.42 Å². The van der Waals surface area contributed by atoms with Crippen molar-refractivity contribution in [1.82, 2.24) is 10.3 Å². The van der Waals surface area contributed by atoms with Crippen molar-refractivity contribution in [1.29, 1.82) is 0 Å². The van der Waals surface area contributed by atoms with Crippen molar-refractivity contribution in [2.75, 3.05) is 6.54 Å². The summed E-state index contributed by atoms with van der Waals surface area (Å²) < 4.78 is 0. The van der Waals surface area contributed by atoms with Crippen LogP contribution in [0.15, 0.2) is 5.38 Å².